The molecule has 2 rings (SSSR count). The maximum Gasteiger partial charge on any atom is 0.125 e. The van der Waals surface area contributed by atoms with Gasteiger partial charge in [0.05, 0.1) is 6.10 Å². The molecular weight excluding hydrogens is 248 g/mol. The number of rotatable bonds is 5. The van der Waals surface area contributed by atoms with E-state index in [0.29, 0.717) is 13.0 Å². The molecule has 2 aromatic carbocycles. The molecule has 1 atom stereocenters. The van der Waals surface area contributed by atoms with E-state index >= 15 is 0 Å². The third-order valence-electron chi connectivity index (χ3n) is 3.55. The van der Waals surface area contributed by atoms with Crippen LogP contribution in [0.25, 0.3) is 0 Å². The molecule has 0 amide bonds. The van der Waals surface area contributed by atoms with Crippen molar-refractivity contribution in [3.05, 3.63) is 64.7 Å². The topological polar surface area (TPSA) is 29.5 Å². The zero-order valence-corrected chi connectivity index (χ0v) is 12.4. The van der Waals surface area contributed by atoms with Gasteiger partial charge in [0.1, 0.15) is 12.4 Å². The van der Waals surface area contributed by atoms with E-state index in [1.165, 1.54) is 16.7 Å². The first-order chi connectivity index (χ1) is 9.61. The molecule has 0 bridgehead atoms. The Balaban J connectivity index is 2.17. The molecule has 0 aromatic heterocycles. The van der Waals surface area contributed by atoms with Gasteiger partial charge in [-0.1, -0.05) is 48.9 Å². The zero-order valence-electron chi connectivity index (χ0n) is 12.4. The van der Waals surface area contributed by atoms with Gasteiger partial charge in [0.15, 0.2) is 0 Å². The van der Waals surface area contributed by atoms with E-state index in [2.05, 4.69) is 32.0 Å². The highest BCUT2D eigenvalue weighted by Crippen LogP contribution is 2.27. The lowest BCUT2D eigenvalue weighted by Crippen LogP contribution is -2.03. The van der Waals surface area contributed by atoms with Crippen molar-refractivity contribution >= 4 is 0 Å². The fourth-order valence-electron chi connectivity index (χ4n) is 2.22. The zero-order chi connectivity index (χ0) is 14.5. The molecule has 0 aliphatic heterocycles. The fourth-order valence-corrected chi connectivity index (χ4v) is 2.22. The van der Waals surface area contributed by atoms with E-state index < -0.39 is 6.10 Å². The molecule has 0 aliphatic rings. The Labute approximate surface area is 121 Å². The third kappa shape index (κ3) is 3.40. The SMILES string of the molecule is CC[C@@H](O)c1ccccc1OCc1cc(C)ccc1C. The molecule has 0 aliphatic carbocycles. The average molecular weight is 270 g/mol. The van der Waals surface area contributed by atoms with Gasteiger partial charge in [0.2, 0.25) is 0 Å². The molecule has 0 radical (unpaired) electrons. The summed E-state index contributed by atoms with van der Waals surface area (Å²) in [5, 5.41) is 10.0. The average Bonchev–Trinajstić information content (AvgIpc) is 2.47. The highest BCUT2D eigenvalue weighted by atomic mass is 16.5. The van der Waals surface area contributed by atoms with E-state index in [-0.39, 0.29) is 0 Å². The van der Waals surface area contributed by atoms with Gasteiger partial charge in [-0.25, -0.2) is 0 Å². The minimum atomic E-state index is -0.468. The van der Waals surface area contributed by atoms with Gasteiger partial charge in [-0.2, -0.15) is 0 Å². The quantitative estimate of drug-likeness (QED) is 0.876. The van der Waals surface area contributed by atoms with Gasteiger partial charge < -0.3 is 9.84 Å². The van der Waals surface area contributed by atoms with Crippen LogP contribution in [0, 0.1) is 13.8 Å². The van der Waals surface area contributed by atoms with Gasteiger partial charge in [0.25, 0.3) is 0 Å². The second-order valence-electron chi connectivity index (χ2n) is 5.18. The molecule has 1 N–H and O–H groups in total. The molecule has 106 valence electrons. The third-order valence-corrected chi connectivity index (χ3v) is 3.55. The molecule has 2 aromatic rings. The predicted molar refractivity (Wildman–Crippen MR) is 81.9 cm³/mol. The van der Waals surface area contributed by atoms with Crippen LogP contribution in [0.5, 0.6) is 5.75 Å². The van der Waals surface area contributed by atoms with Crippen molar-refractivity contribution in [2.75, 3.05) is 0 Å². The predicted octanol–water partition coefficient (Wildman–Crippen LogP) is 4.33. The summed E-state index contributed by atoms with van der Waals surface area (Å²) in [5.74, 6) is 0.766. The summed E-state index contributed by atoms with van der Waals surface area (Å²) in [4.78, 5) is 0. The number of ether oxygens (including phenoxy) is 1. The molecule has 0 saturated carbocycles. The first-order valence-electron chi connectivity index (χ1n) is 7.07. The van der Waals surface area contributed by atoms with Gasteiger partial charge in [-0.3, -0.25) is 0 Å². The van der Waals surface area contributed by atoms with Crippen LogP contribution in [0.4, 0.5) is 0 Å². The fraction of sp³-hybridized carbons (Fsp3) is 0.333. The Morgan fingerprint density at radius 3 is 2.60 bits per heavy atom. The smallest absolute Gasteiger partial charge is 0.125 e. The summed E-state index contributed by atoms with van der Waals surface area (Å²) in [5.41, 5.74) is 4.51. The number of para-hydroxylation sites is 1. The van der Waals surface area contributed by atoms with Crippen molar-refractivity contribution in [3.8, 4) is 5.75 Å². The number of hydrogen-bond donors (Lipinski definition) is 1. The first kappa shape index (κ1) is 14.6. The summed E-state index contributed by atoms with van der Waals surface area (Å²) in [6, 6.07) is 14.1. The molecule has 0 unspecified atom stereocenters. The van der Waals surface area contributed by atoms with Gasteiger partial charge >= 0.3 is 0 Å². The Bertz CT molecular complexity index is 575. The largest absolute Gasteiger partial charge is 0.489 e. The van der Waals surface area contributed by atoms with Crippen molar-refractivity contribution in [2.45, 2.75) is 39.9 Å². The molecule has 0 fully saturated rings. The van der Waals surface area contributed by atoms with Gasteiger partial charge in [0, 0.05) is 5.56 Å². The van der Waals surface area contributed by atoms with Crippen molar-refractivity contribution in [2.24, 2.45) is 0 Å². The number of hydrogen-bond acceptors (Lipinski definition) is 2. The number of aliphatic hydroxyl groups is 1. The van der Waals surface area contributed by atoms with Crippen LogP contribution in [-0.2, 0) is 6.61 Å². The minimum Gasteiger partial charge on any atom is -0.489 e. The van der Waals surface area contributed by atoms with Crippen molar-refractivity contribution < 1.29 is 9.84 Å². The van der Waals surface area contributed by atoms with Crippen LogP contribution < -0.4 is 4.74 Å². The van der Waals surface area contributed by atoms with E-state index in [4.69, 9.17) is 4.74 Å². The van der Waals surface area contributed by atoms with E-state index in [1.807, 2.05) is 31.2 Å². The summed E-state index contributed by atoms with van der Waals surface area (Å²) in [7, 11) is 0. The van der Waals surface area contributed by atoms with Crippen LogP contribution in [-0.4, -0.2) is 5.11 Å². The lowest BCUT2D eigenvalue weighted by atomic mass is 10.1. The Hall–Kier alpha value is -1.80. The Morgan fingerprint density at radius 2 is 1.85 bits per heavy atom. The lowest BCUT2D eigenvalue weighted by Gasteiger charge is -2.16. The molecule has 2 heteroatoms. The van der Waals surface area contributed by atoms with Gasteiger partial charge in [-0.15, -0.1) is 0 Å². The highest BCUT2D eigenvalue weighted by Gasteiger charge is 2.11. The van der Waals surface area contributed by atoms with Crippen LogP contribution >= 0.6 is 0 Å². The van der Waals surface area contributed by atoms with Crippen LogP contribution in [0.15, 0.2) is 42.5 Å². The molecule has 0 spiro atoms. The van der Waals surface area contributed by atoms with Crippen LogP contribution in [0.2, 0.25) is 0 Å². The summed E-state index contributed by atoms with van der Waals surface area (Å²) in [6.07, 6.45) is 0.217. The Morgan fingerprint density at radius 1 is 1.10 bits per heavy atom. The number of benzene rings is 2. The van der Waals surface area contributed by atoms with Crippen LogP contribution in [0.3, 0.4) is 0 Å². The molecule has 2 nitrogen and oxygen atoms in total. The van der Waals surface area contributed by atoms with E-state index in [1.54, 1.807) is 0 Å². The molecule has 0 heterocycles. The maximum absolute atomic E-state index is 10.0. The van der Waals surface area contributed by atoms with E-state index in [9.17, 15) is 5.11 Å². The molecule has 20 heavy (non-hydrogen) atoms. The van der Waals surface area contributed by atoms with Crippen LogP contribution in [0.1, 0.15) is 41.7 Å². The summed E-state index contributed by atoms with van der Waals surface area (Å²) >= 11 is 0. The maximum atomic E-state index is 10.0. The minimum absolute atomic E-state index is 0.468. The van der Waals surface area contributed by atoms with Crippen molar-refractivity contribution in [1.29, 1.82) is 0 Å². The highest BCUT2D eigenvalue weighted by molar-refractivity contribution is 5.36. The van der Waals surface area contributed by atoms with E-state index in [0.717, 1.165) is 11.3 Å². The number of aryl methyl sites for hydroxylation is 2. The Kier molecular flexibility index (Phi) is 4.80. The molecular formula is C18H22O2. The molecule has 0 saturated heterocycles. The first-order valence-corrected chi connectivity index (χ1v) is 7.07. The summed E-state index contributed by atoms with van der Waals surface area (Å²) in [6.45, 7) is 6.66. The second kappa shape index (κ2) is 6.58. The summed E-state index contributed by atoms with van der Waals surface area (Å²) < 4.78 is 5.92. The standard InChI is InChI=1S/C18H22O2/c1-4-17(19)16-7-5-6-8-18(16)20-12-15-11-13(2)9-10-14(15)3/h5-11,17,19H,4,12H2,1-3H3/t17-/m1/s1. The monoisotopic (exact) mass is 270 g/mol. The number of aliphatic hydroxyl groups excluding tert-OH is 1. The normalized spacial score (nSPS) is 12.2. The van der Waals surface area contributed by atoms with Gasteiger partial charge in [-0.05, 0) is 37.5 Å². The van der Waals surface area contributed by atoms with Crippen molar-refractivity contribution in [3.63, 3.8) is 0 Å². The second-order valence-corrected chi connectivity index (χ2v) is 5.18. The lowest BCUT2D eigenvalue weighted by molar-refractivity contribution is 0.166. The van der Waals surface area contributed by atoms with Crippen molar-refractivity contribution in [1.82, 2.24) is 0 Å².